The van der Waals surface area contributed by atoms with Crippen LogP contribution < -0.4 is 4.90 Å². The van der Waals surface area contributed by atoms with Gasteiger partial charge in [0.1, 0.15) is 23.3 Å². The zero-order chi connectivity index (χ0) is 27.9. The van der Waals surface area contributed by atoms with Gasteiger partial charge in [0.05, 0.1) is 15.7 Å². The van der Waals surface area contributed by atoms with Crippen molar-refractivity contribution in [3.05, 3.63) is 101 Å². The number of halogens is 8. The summed E-state index contributed by atoms with van der Waals surface area (Å²) in [5.41, 5.74) is 0.131. The molecule has 0 atom stereocenters. The fraction of sp³-hybridized carbons (Fsp3) is 0.0833. The third-order valence-electron chi connectivity index (χ3n) is 5.19. The van der Waals surface area contributed by atoms with E-state index >= 15 is 0 Å². The van der Waals surface area contributed by atoms with Crippen LogP contribution >= 0.6 is 23.2 Å². The maximum atomic E-state index is 13.5. The van der Waals surface area contributed by atoms with E-state index < -0.39 is 24.0 Å². The monoisotopic (exact) mass is 776 g/mol. The van der Waals surface area contributed by atoms with E-state index in [0.29, 0.717) is 9.13 Å². The first-order valence-corrected chi connectivity index (χ1v) is 11.4. The van der Waals surface area contributed by atoms with Gasteiger partial charge in [0.2, 0.25) is 0 Å². The van der Waals surface area contributed by atoms with Crippen LogP contribution in [0.25, 0.3) is 11.6 Å². The van der Waals surface area contributed by atoms with Gasteiger partial charge in [0.25, 0.3) is 0 Å². The van der Waals surface area contributed by atoms with Gasteiger partial charge < -0.3 is 19.1 Å². The van der Waals surface area contributed by atoms with Crippen molar-refractivity contribution in [3.8, 4) is 11.6 Å². The van der Waals surface area contributed by atoms with Crippen molar-refractivity contribution in [1.29, 1.82) is 0 Å². The van der Waals surface area contributed by atoms with E-state index in [2.05, 4.69) is 32.3 Å². The predicted octanol–water partition coefficient (Wildman–Crippen LogP) is 7.26. The second kappa shape index (κ2) is 11.2. The summed E-state index contributed by atoms with van der Waals surface area (Å²) in [6.45, 7) is 0. The number of pyridine rings is 2. The van der Waals surface area contributed by atoms with Crippen LogP contribution in [0.15, 0.2) is 67.0 Å². The summed E-state index contributed by atoms with van der Waals surface area (Å²) in [6.07, 6.45) is -3.16. The minimum atomic E-state index is -4.79. The second-order valence-corrected chi connectivity index (χ2v) is 8.52. The molecule has 0 aliphatic rings. The van der Waals surface area contributed by atoms with Gasteiger partial charge in [-0.05, 0) is 36.7 Å². The molecule has 5 aromatic rings. The van der Waals surface area contributed by atoms with Gasteiger partial charge in [-0.2, -0.15) is 26.3 Å². The van der Waals surface area contributed by atoms with Crippen molar-refractivity contribution in [1.82, 2.24) is 29.1 Å². The Morgan fingerprint density at radius 3 is 1.45 bits per heavy atom. The summed E-state index contributed by atoms with van der Waals surface area (Å²) < 4.78 is 82.1. The first-order chi connectivity index (χ1) is 18.4. The van der Waals surface area contributed by atoms with Crippen LogP contribution in [0.3, 0.4) is 0 Å². The number of hydrogen-bond acceptors (Lipinski definition) is 5. The Balaban J connectivity index is 0.00000370. The third kappa shape index (κ3) is 5.72. The summed E-state index contributed by atoms with van der Waals surface area (Å²) in [6, 6.07) is 12.9. The Labute approximate surface area is 246 Å². The summed E-state index contributed by atoms with van der Waals surface area (Å²) in [5, 5.41) is 0.217. The Morgan fingerprint density at radius 1 is 0.650 bits per heavy atom. The number of aromatic nitrogens is 6. The van der Waals surface area contributed by atoms with Gasteiger partial charge >= 0.3 is 33.4 Å². The maximum Gasteiger partial charge on any atom is 2.00 e. The maximum absolute atomic E-state index is 13.5. The number of benzene rings is 1. The normalized spacial score (nSPS) is 11.8. The number of imidazole rings is 2. The zero-order valence-corrected chi connectivity index (χ0v) is 23.1. The number of anilines is 3. The number of alkyl halides is 6. The molecule has 40 heavy (non-hydrogen) atoms. The molecule has 0 N–H and O–H groups in total. The quantitative estimate of drug-likeness (QED) is 0.139. The molecular formula is C24H11Cl2F6N7Pt. The van der Waals surface area contributed by atoms with E-state index in [4.69, 9.17) is 23.2 Å². The molecule has 208 valence electrons. The van der Waals surface area contributed by atoms with E-state index in [-0.39, 0.29) is 60.1 Å². The fourth-order valence-corrected chi connectivity index (χ4v) is 4.22. The molecule has 0 spiro atoms. The van der Waals surface area contributed by atoms with E-state index in [9.17, 15) is 26.3 Å². The van der Waals surface area contributed by atoms with E-state index in [1.165, 1.54) is 53.4 Å². The fourth-order valence-electron chi connectivity index (χ4n) is 3.65. The van der Waals surface area contributed by atoms with Crippen LogP contribution in [0.1, 0.15) is 11.6 Å². The van der Waals surface area contributed by atoms with Crippen LogP contribution in [0.4, 0.5) is 43.7 Å². The molecule has 0 aliphatic heterocycles. The molecule has 4 aromatic heterocycles. The van der Waals surface area contributed by atoms with Crippen LogP contribution in [-0.4, -0.2) is 29.1 Å². The minimum absolute atomic E-state index is 0. The first-order valence-electron chi connectivity index (χ1n) is 10.7. The molecule has 0 radical (unpaired) electrons. The van der Waals surface area contributed by atoms with Crippen LogP contribution in [0.5, 0.6) is 0 Å². The predicted molar refractivity (Wildman–Crippen MR) is 129 cm³/mol. The standard InChI is InChI=1S/C24H11Cl2F6N7.Pt/c25-14-4-1-5-15(26)20(14)39(18-8-2-6-16(35-18)37-12-10-33-21(37)23(27,28)29)19-9-3-7-17(36-19)38-13-11-34-22(38)24(30,31)32;/h1-11H;/q-2;+2. The second-order valence-electron chi connectivity index (χ2n) is 7.70. The molecule has 0 saturated heterocycles. The summed E-state index contributed by atoms with van der Waals surface area (Å²) in [7, 11) is 0. The Morgan fingerprint density at radius 2 is 1.05 bits per heavy atom. The van der Waals surface area contributed by atoms with Crippen molar-refractivity contribution in [2.75, 3.05) is 4.90 Å². The van der Waals surface area contributed by atoms with Gasteiger partial charge in [0, 0.05) is 11.6 Å². The molecule has 16 heteroatoms. The molecule has 7 nitrogen and oxygen atoms in total. The zero-order valence-electron chi connectivity index (χ0n) is 19.3. The van der Waals surface area contributed by atoms with E-state index in [0.717, 1.165) is 12.4 Å². The Kier molecular flexibility index (Phi) is 8.30. The van der Waals surface area contributed by atoms with Crippen molar-refractivity contribution < 1.29 is 47.4 Å². The van der Waals surface area contributed by atoms with Crippen molar-refractivity contribution >= 4 is 40.5 Å². The largest absolute Gasteiger partial charge is 2.00 e. The van der Waals surface area contributed by atoms with Crippen LogP contribution in [-0.2, 0) is 33.4 Å². The van der Waals surface area contributed by atoms with Crippen molar-refractivity contribution in [2.45, 2.75) is 12.4 Å². The molecule has 4 heterocycles. The third-order valence-corrected chi connectivity index (χ3v) is 5.80. The molecule has 0 aliphatic carbocycles. The molecule has 5 rings (SSSR count). The Bertz CT molecular complexity index is 1540. The number of hydrogen-bond donors (Lipinski definition) is 0. The number of para-hydroxylation sites is 1. The average molecular weight is 777 g/mol. The van der Waals surface area contributed by atoms with Crippen molar-refractivity contribution in [2.24, 2.45) is 0 Å². The summed E-state index contributed by atoms with van der Waals surface area (Å²) >= 11 is 12.9. The smallest absolute Gasteiger partial charge is 0.443 e. The SMILES string of the molecule is FC(F)(F)c1nc[c-]n1-c1cccc(N(c2cccc(-n3[c-]cnc3C(F)(F)F)n2)c2c(Cl)cccc2Cl)n1.[Pt+2]. The molecule has 1 aromatic carbocycles. The van der Waals surface area contributed by atoms with E-state index in [1.807, 2.05) is 0 Å². The minimum Gasteiger partial charge on any atom is -0.443 e. The first kappa shape index (κ1) is 29.6. The number of rotatable bonds is 5. The molecular weight excluding hydrogens is 766 g/mol. The molecule has 0 bridgehead atoms. The van der Waals surface area contributed by atoms with Gasteiger partial charge in [-0.25, -0.2) is 0 Å². The number of nitrogens with zero attached hydrogens (tertiary/aromatic N) is 7. The van der Waals surface area contributed by atoms with Gasteiger partial charge in [-0.3, -0.25) is 14.9 Å². The molecule has 0 amide bonds. The molecule has 0 saturated carbocycles. The average Bonchev–Trinajstić information content (AvgIpc) is 3.57. The topological polar surface area (TPSA) is 64.7 Å². The molecule has 0 unspecified atom stereocenters. The van der Waals surface area contributed by atoms with Gasteiger partial charge in [0.15, 0.2) is 0 Å². The van der Waals surface area contributed by atoms with Crippen LogP contribution in [0.2, 0.25) is 10.0 Å². The van der Waals surface area contributed by atoms with Crippen LogP contribution in [0, 0.1) is 12.4 Å². The van der Waals surface area contributed by atoms with E-state index in [1.54, 1.807) is 6.07 Å². The Hall–Kier alpha value is -3.41. The summed E-state index contributed by atoms with van der Waals surface area (Å²) in [4.78, 5) is 16.6. The van der Waals surface area contributed by atoms with Gasteiger partial charge in [-0.15, -0.1) is 0 Å². The summed E-state index contributed by atoms with van der Waals surface area (Å²) in [5.74, 6) is -2.94. The van der Waals surface area contributed by atoms with Gasteiger partial charge in [-0.1, -0.05) is 65.9 Å². The molecule has 0 fully saturated rings. The van der Waals surface area contributed by atoms with Crippen molar-refractivity contribution in [3.63, 3.8) is 0 Å².